The lowest BCUT2D eigenvalue weighted by Crippen LogP contribution is -2.47. The number of hydrogen-bond donors (Lipinski definition) is 1. The number of halogens is 1. The predicted molar refractivity (Wildman–Crippen MR) is 93.3 cm³/mol. The second-order valence-electron chi connectivity index (χ2n) is 6.71. The molecule has 5 nitrogen and oxygen atoms in total. The Morgan fingerprint density at radius 3 is 2.87 bits per heavy atom. The number of benzene rings is 1. The normalized spacial score (nSPS) is 18.2. The van der Waals surface area contributed by atoms with Crippen molar-refractivity contribution in [1.82, 2.24) is 4.90 Å². The standard InChI is InChI=1S/C17H22BrN3O2/c1-17(2,3)23-16(22)21-8-4-5-14(11-21)20-15-7-6-13(18)9-12(15)10-19/h6-7,9,14,20H,4-5,8,11H2,1-3H3. The lowest BCUT2D eigenvalue weighted by atomic mass is 10.0. The van der Waals surface area contributed by atoms with Gasteiger partial charge in [-0.25, -0.2) is 4.79 Å². The number of hydrogen-bond acceptors (Lipinski definition) is 4. The summed E-state index contributed by atoms with van der Waals surface area (Å²) in [6, 6.07) is 7.88. The van der Waals surface area contributed by atoms with E-state index in [2.05, 4.69) is 27.3 Å². The van der Waals surface area contributed by atoms with Gasteiger partial charge in [0.15, 0.2) is 0 Å². The summed E-state index contributed by atoms with van der Waals surface area (Å²) in [5.74, 6) is 0. The van der Waals surface area contributed by atoms with E-state index < -0.39 is 5.60 Å². The summed E-state index contributed by atoms with van der Waals surface area (Å²) >= 11 is 3.37. The molecule has 0 radical (unpaired) electrons. The summed E-state index contributed by atoms with van der Waals surface area (Å²) in [6.45, 7) is 6.89. The maximum atomic E-state index is 12.2. The zero-order chi connectivity index (χ0) is 17.0. The molecule has 0 saturated carbocycles. The number of ether oxygens (including phenoxy) is 1. The highest BCUT2D eigenvalue weighted by Crippen LogP contribution is 2.23. The van der Waals surface area contributed by atoms with E-state index in [4.69, 9.17) is 4.74 Å². The molecule has 0 aromatic heterocycles. The summed E-state index contributed by atoms with van der Waals surface area (Å²) in [5.41, 5.74) is 0.900. The number of nitrogens with zero attached hydrogens (tertiary/aromatic N) is 2. The molecule has 6 heteroatoms. The molecule has 1 aliphatic heterocycles. The maximum absolute atomic E-state index is 12.2. The smallest absolute Gasteiger partial charge is 0.410 e. The Hall–Kier alpha value is -1.74. The van der Waals surface area contributed by atoms with E-state index in [0.29, 0.717) is 18.7 Å². The van der Waals surface area contributed by atoms with Gasteiger partial charge in [-0.2, -0.15) is 5.26 Å². The molecule has 1 amide bonds. The number of nitriles is 1. The second-order valence-corrected chi connectivity index (χ2v) is 7.63. The molecule has 0 aliphatic carbocycles. The molecule has 1 unspecified atom stereocenters. The van der Waals surface area contributed by atoms with Gasteiger partial charge in [-0.1, -0.05) is 15.9 Å². The molecule has 1 fully saturated rings. The first-order valence-corrected chi connectivity index (χ1v) is 8.52. The molecule has 2 rings (SSSR count). The number of likely N-dealkylation sites (tertiary alicyclic amines) is 1. The minimum atomic E-state index is -0.489. The van der Waals surface area contributed by atoms with Crippen molar-refractivity contribution in [3.05, 3.63) is 28.2 Å². The number of piperidine rings is 1. The zero-order valence-electron chi connectivity index (χ0n) is 13.7. The average molecular weight is 380 g/mol. The van der Waals surface area contributed by atoms with Crippen molar-refractivity contribution in [3.8, 4) is 6.07 Å². The Morgan fingerprint density at radius 1 is 1.48 bits per heavy atom. The van der Waals surface area contributed by atoms with Crippen molar-refractivity contribution < 1.29 is 9.53 Å². The van der Waals surface area contributed by atoms with Crippen LogP contribution in [0, 0.1) is 11.3 Å². The van der Waals surface area contributed by atoms with Gasteiger partial charge in [-0.15, -0.1) is 0 Å². The maximum Gasteiger partial charge on any atom is 0.410 e. The Balaban J connectivity index is 2.02. The average Bonchev–Trinajstić information content (AvgIpc) is 2.47. The van der Waals surface area contributed by atoms with Gasteiger partial charge in [0.05, 0.1) is 11.3 Å². The van der Waals surface area contributed by atoms with Crippen LogP contribution in [0.2, 0.25) is 0 Å². The van der Waals surface area contributed by atoms with Gasteiger partial charge in [-0.05, 0) is 51.8 Å². The van der Waals surface area contributed by atoms with E-state index in [-0.39, 0.29) is 12.1 Å². The van der Waals surface area contributed by atoms with Crippen molar-refractivity contribution in [2.24, 2.45) is 0 Å². The lowest BCUT2D eigenvalue weighted by Gasteiger charge is -2.35. The summed E-state index contributed by atoms with van der Waals surface area (Å²) in [6.07, 6.45) is 1.59. The molecule has 1 aromatic rings. The lowest BCUT2D eigenvalue weighted by molar-refractivity contribution is 0.0206. The number of nitrogens with one attached hydrogen (secondary N) is 1. The van der Waals surface area contributed by atoms with Gasteiger partial charge in [0.25, 0.3) is 0 Å². The van der Waals surface area contributed by atoms with Crippen molar-refractivity contribution in [2.45, 2.75) is 45.3 Å². The fourth-order valence-corrected chi connectivity index (χ4v) is 2.90. The van der Waals surface area contributed by atoms with E-state index in [1.165, 1.54) is 0 Å². The van der Waals surface area contributed by atoms with Gasteiger partial charge in [0.2, 0.25) is 0 Å². The van der Waals surface area contributed by atoms with Crippen LogP contribution in [0.5, 0.6) is 0 Å². The third-order valence-corrected chi connectivity index (χ3v) is 4.03. The Kier molecular flexibility index (Phi) is 5.53. The molecule has 1 heterocycles. The molecule has 1 aliphatic rings. The third kappa shape index (κ3) is 5.14. The van der Waals surface area contributed by atoms with E-state index in [0.717, 1.165) is 23.0 Å². The minimum absolute atomic E-state index is 0.115. The molecule has 124 valence electrons. The van der Waals surface area contributed by atoms with Crippen molar-refractivity contribution in [3.63, 3.8) is 0 Å². The zero-order valence-corrected chi connectivity index (χ0v) is 15.3. The van der Waals surface area contributed by atoms with E-state index in [1.54, 1.807) is 11.0 Å². The van der Waals surface area contributed by atoms with Crippen LogP contribution >= 0.6 is 15.9 Å². The summed E-state index contributed by atoms with van der Waals surface area (Å²) < 4.78 is 6.31. The van der Waals surface area contributed by atoms with Crippen LogP contribution in [0.3, 0.4) is 0 Å². The minimum Gasteiger partial charge on any atom is -0.444 e. The second kappa shape index (κ2) is 7.22. The largest absolute Gasteiger partial charge is 0.444 e. The van der Waals surface area contributed by atoms with E-state index in [1.807, 2.05) is 32.9 Å². The fraction of sp³-hybridized carbons (Fsp3) is 0.529. The molecule has 23 heavy (non-hydrogen) atoms. The molecule has 1 N–H and O–H groups in total. The Labute approximate surface area is 145 Å². The van der Waals surface area contributed by atoms with Crippen LogP contribution in [-0.2, 0) is 4.74 Å². The van der Waals surface area contributed by atoms with Crippen molar-refractivity contribution in [2.75, 3.05) is 18.4 Å². The Bertz CT molecular complexity index is 619. The highest BCUT2D eigenvalue weighted by Gasteiger charge is 2.27. The quantitative estimate of drug-likeness (QED) is 0.838. The van der Waals surface area contributed by atoms with Crippen LogP contribution in [0.25, 0.3) is 0 Å². The number of carbonyl (C=O) groups is 1. The van der Waals surface area contributed by atoms with Crippen LogP contribution in [0.15, 0.2) is 22.7 Å². The Morgan fingerprint density at radius 2 is 2.22 bits per heavy atom. The molecule has 1 aromatic carbocycles. The van der Waals surface area contributed by atoms with Crippen molar-refractivity contribution >= 4 is 27.7 Å². The summed E-state index contributed by atoms with van der Waals surface area (Å²) in [5, 5.41) is 12.6. The first-order valence-electron chi connectivity index (χ1n) is 7.72. The topological polar surface area (TPSA) is 65.4 Å². The number of rotatable bonds is 2. The molecular formula is C17H22BrN3O2. The van der Waals surface area contributed by atoms with Gasteiger partial charge >= 0.3 is 6.09 Å². The SMILES string of the molecule is CC(C)(C)OC(=O)N1CCCC(Nc2ccc(Br)cc2C#N)C1. The highest BCUT2D eigenvalue weighted by atomic mass is 79.9. The molecule has 0 bridgehead atoms. The van der Waals surface area contributed by atoms with E-state index in [9.17, 15) is 10.1 Å². The van der Waals surface area contributed by atoms with Gasteiger partial charge in [0.1, 0.15) is 11.7 Å². The van der Waals surface area contributed by atoms with Crippen LogP contribution in [0.4, 0.5) is 10.5 Å². The molecule has 1 atom stereocenters. The number of amides is 1. The highest BCUT2D eigenvalue weighted by molar-refractivity contribution is 9.10. The number of anilines is 1. The predicted octanol–water partition coefficient (Wildman–Crippen LogP) is 4.13. The van der Waals surface area contributed by atoms with Gasteiger partial charge in [-0.3, -0.25) is 0 Å². The van der Waals surface area contributed by atoms with Crippen LogP contribution in [0.1, 0.15) is 39.2 Å². The third-order valence-electron chi connectivity index (χ3n) is 3.53. The van der Waals surface area contributed by atoms with Crippen molar-refractivity contribution in [1.29, 1.82) is 5.26 Å². The van der Waals surface area contributed by atoms with E-state index >= 15 is 0 Å². The molecular weight excluding hydrogens is 358 g/mol. The summed E-state index contributed by atoms with van der Waals surface area (Å²) in [7, 11) is 0. The monoisotopic (exact) mass is 379 g/mol. The molecule has 1 saturated heterocycles. The molecule has 0 spiro atoms. The fourth-order valence-electron chi connectivity index (χ4n) is 2.54. The van der Waals surface area contributed by atoms with Gasteiger partial charge in [0, 0.05) is 23.6 Å². The first-order chi connectivity index (χ1) is 10.8. The number of carbonyl (C=O) groups excluding carboxylic acids is 1. The summed E-state index contributed by atoms with van der Waals surface area (Å²) in [4.78, 5) is 13.9. The van der Waals surface area contributed by atoms with Crippen LogP contribution in [-0.4, -0.2) is 35.7 Å². The first kappa shape index (κ1) is 17.6. The van der Waals surface area contributed by atoms with Crippen LogP contribution < -0.4 is 5.32 Å². The van der Waals surface area contributed by atoms with Gasteiger partial charge < -0.3 is 15.0 Å².